The summed E-state index contributed by atoms with van der Waals surface area (Å²) < 4.78 is 1.96. The molecule has 0 spiro atoms. The molecule has 0 aliphatic carbocycles. The molecular formula is C17H21N3O. The van der Waals surface area contributed by atoms with Crippen molar-refractivity contribution >= 4 is 11.5 Å². The van der Waals surface area contributed by atoms with Gasteiger partial charge in [0.15, 0.2) is 5.78 Å². The minimum atomic E-state index is 0.138. The van der Waals surface area contributed by atoms with Gasteiger partial charge in [0.05, 0.1) is 6.20 Å². The van der Waals surface area contributed by atoms with Gasteiger partial charge in [-0.25, -0.2) is 0 Å². The number of rotatable bonds is 4. The number of Topliss-reactive ketones (excluding diaryl/α,β-unsaturated/α-hetero) is 1. The molecule has 0 unspecified atom stereocenters. The zero-order chi connectivity index (χ0) is 14.8. The Kier molecular flexibility index (Phi) is 3.78. The number of hydrogen-bond donors (Lipinski definition) is 0. The summed E-state index contributed by atoms with van der Waals surface area (Å²) in [6.45, 7) is 6.56. The van der Waals surface area contributed by atoms with Crippen molar-refractivity contribution in [3.05, 3.63) is 47.3 Å². The molecule has 4 heteroatoms. The number of fused-ring (bicyclic) bond motifs is 1. The normalized spacial score (nSPS) is 14.1. The molecule has 1 aromatic heterocycles. The summed E-state index contributed by atoms with van der Waals surface area (Å²) in [6.07, 6.45) is 6.25. The van der Waals surface area contributed by atoms with Gasteiger partial charge < -0.3 is 4.90 Å². The van der Waals surface area contributed by atoms with Crippen molar-refractivity contribution in [2.75, 3.05) is 11.4 Å². The number of hydrogen-bond acceptors (Lipinski definition) is 3. The van der Waals surface area contributed by atoms with Crippen LogP contribution in [0.3, 0.4) is 0 Å². The van der Waals surface area contributed by atoms with Crippen LogP contribution in [0.5, 0.6) is 0 Å². The van der Waals surface area contributed by atoms with Crippen LogP contribution in [0, 0.1) is 0 Å². The third-order valence-corrected chi connectivity index (χ3v) is 4.09. The van der Waals surface area contributed by atoms with E-state index in [2.05, 4.69) is 35.3 Å². The molecule has 21 heavy (non-hydrogen) atoms. The maximum atomic E-state index is 11.5. The van der Waals surface area contributed by atoms with Gasteiger partial charge in [0.2, 0.25) is 0 Å². The molecule has 0 radical (unpaired) electrons. The lowest BCUT2D eigenvalue weighted by Gasteiger charge is -2.31. The van der Waals surface area contributed by atoms with Gasteiger partial charge in [0, 0.05) is 42.6 Å². The minimum Gasteiger partial charge on any atom is -0.367 e. The molecule has 0 amide bonds. The van der Waals surface area contributed by atoms with Crippen LogP contribution in [0.15, 0.2) is 30.6 Å². The van der Waals surface area contributed by atoms with E-state index in [0.717, 1.165) is 38.0 Å². The lowest BCUT2D eigenvalue weighted by Crippen LogP contribution is -2.28. The summed E-state index contributed by atoms with van der Waals surface area (Å²) in [7, 11) is 0. The largest absolute Gasteiger partial charge is 0.367 e. The fourth-order valence-electron chi connectivity index (χ4n) is 2.94. The number of anilines is 1. The number of carbonyl (C=O) groups is 1. The van der Waals surface area contributed by atoms with E-state index in [0.29, 0.717) is 0 Å². The Morgan fingerprint density at radius 1 is 1.38 bits per heavy atom. The van der Waals surface area contributed by atoms with Gasteiger partial charge in [0.25, 0.3) is 0 Å². The van der Waals surface area contributed by atoms with E-state index >= 15 is 0 Å². The maximum absolute atomic E-state index is 11.5. The van der Waals surface area contributed by atoms with E-state index in [9.17, 15) is 4.79 Å². The molecule has 110 valence electrons. The first-order valence-electron chi connectivity index (χ1n) is 7.57. The highest BCUT2D eigenvalue weighted by atomic mass is 16.1. The Morgan fingerprint density at radius 2 is 2.24 bits per heavy atom. The van der Waals surface area contributed by atoms with E-state index in [1.807, 2.05) is 16.9 Å². The number of benzene rings is 1. The van der Waals surface area contributed by atoms with Crippen molar-refractivity contribution in [1.82, 2.24) is 9.78 Å². The van der Waals surface area contributed by atoms with E-state index in [4.69, 9.17) is 0 Å². The molecule has 0 N–H and O–H groups in total. The second-order valence-electron chi connectivity index (χ2n) is 5.63. The van der Waals surface area contributed by atoms with Gasteiger partial charge in [-0.3, -0.25) is 9.48 Å². The van der Waals surface area contributed by atoms with Gasteiger partial charge >= 0.3 is 0 Å². The Balaban J connectivity index is 1.84. The molecule has 1 aliphatic heterocycles. The summed E-state index contributed by atoms with van der Waals surface area (Å²) in [5.41, 5.74) is 4.60. The third kappa shape index (κ3) is 2.84. The molecule has 0 saturated carbocycles. The van der Waals surface area contributed by atoms with Crippen LogP contribution in [0.2, 0.25) is 0 Å². The fourth-order valence-corrected chi connectivity index (χ4v) is 2.94. The molecule has 4 nitrogen and oxygen atoms in total. The number of aromatic nitrogens is 2. The van der Waals surface area contributed by atoms with Crippen LogP contribution >= 0.6 is 0 Å². The average Bonchev–Trinajstić information content (AvgIpc) is 2.94. The predicted octanol–water partition coefficient (Wildman–Crippen LogP) is 3.06. The lowest BCUT2D eigenvalue weighted by molar-refractivity contribution is 0.101. The van der Waals surface area contributed by atoms with Crippen molar-refractivity contribution < 1.29 is 4.79 Å². The van der Waals surface area contributed by atoms with Crippen LogP contribution in [-0.2, 0) is 19.5 Å². The predicted molar refractivity (Wildman–Crippen MR) is 83.7 cm³/mol. The Hall–Kier alpha value is -2.10. The van der Waals surface area contributed by atoms with Crippen LogP contribution < -0.4 is 4.90 Å². The second kappa shape index (κ2) is 5.72. The second-order valence-corrected chi connectivity index (χ2v) is 5.63. The summed E-state index contributed by atoms with van der Waals surface area (Å²) in [4.78, 5) is 13.9. The first-order valence-corrected chi connectivity index (χ1v) is 7.57. The molecular weight excluding hydrogens is 262 g/mol. The molecule has 1 aromatic carbocycles. The molecule has 2 aromatic rings. The molecule has 2 heterocycles. The van der Waals surface area contributed by atoms with Crippen LogP contribution in [0.25, 0.3) is 0 Å². The topological polar surface area (TPSA) is 38.1 Å². The average molecular weight is 283 g/mol. The van der Waals surface area contributed by atoms with Crippen molar-refractivity contribution in [1.29, 1.82) is 0 Å². The third-order valence-electron chi connectivity index (χ3n) is 4.09. The van der Waals surface area contributed by atoms with Crippen LogP contribution in [0.1, 0.15) is 41.8 Å². The number of ketones is 1. The molecule has 3 rings (SSSR count). The molecule has 1 aliphatic rings. The zero-order valence-corrected chi connectivity index (χ0v) is 12.7. The van der Waals surface area contributed by atoms with Gasteiger partial charge in [-0.05, 0) is 50.5 Å². The highest BCUT2D eigenvalue weighted by Crippen LogP contribution is 2.29. The SMILES string of the molecule is CCn1cc(CN2CCCc3cc(C(C)=O)ccc32)cn1. The Morgan fingerprint density at radius 3 is 2.95 bits per heavy atom. The number of aryl methyl sites for hydroxylation is 2. The Labute approximate surface area is 125 Å². The van der Waals surface area contributed by atoms with Crippen molar-refractivity contribution in [3.8, 4) is 0 Å². The molecule has 0 bridgehead atoms. The molecule has 0 fully saturated rings. The molecule has 0 atom stereocenters. The van der Waals surface area contributed by atoms with Crippen molar-refractivity contribution in [2.24, 2.45) is 0 Å². The zero-order valence-electron chi connectivity index (χ0n) is 12.7. The Bertz CT molecular complexity index is 660. The standard InChI is InChI=1S/C17H21N3O/c1-3-20-12-14(10-18-20)11-19-8-4-5-16-9-15(13(2)21)6-7-17(16)19/h6-7,9-10,12H,3-5,8,11H2,1-2H3. The molecule has 0 saturated heterocycles. The highest BCUT2D eigenvalue weighted by Gasteiger charge is 2.18. The summed E-state index contributed by atoms with van der Waals surface area (Å²) >= 11 is 0. The van der Waals surface area contributed by atoms with E-state index < -0.39 is 0 Å². The smallest absolute Gasteiger partial charge is 0.159 e. The minimum absolute atomic E-state index is 0.138. The van der Waals surface area contributed by atoms with E-state index in [1.165, 1.54) is 16.8 Å². The lowest BCUT2D eigenvalue weighted by atomic mass is 9.98. The van der Waals surface area contributed by atoms with E-state index in [1.54, 1.807) is 6.92 Å². The summed E-state index contributed by atoms with van der Waals surface area (Å²) in [6, 6.07) is 6.09. The van der Waals surface area contributed by atoms with Crippen LogP contribution in [-0.4, -0.2) is 22.1 Å². The van der Waals surface area contributed by atoms with Crippen LogP contribution in [0.4, 0.5) is 5.69 Å². The van der Waals surface area contributed by atoms with Crippen molar-refractivity contribution in [2.45, 2.75) is 39.8 Å². The number of carbonyl (C=O) groups excluding carboxylic acids is 1. The van der Waals surface area contributed by atoms with Crippen molar-refractivity contribution in [3.63, 3.8) is 0 Å². The fraction of sp³-hybridized carbons (Fsp3) is 0.412. The van der Waals surface area contributed by atoms with Gasteiger partial charge in [-0.1, -0.05) is 0 Å². The van der Waals surface area contributed by atoms with Gasteiger partial charge in [-0.2, -0.15) is 5.10 Å². The quantitative estimate of drug-likeness (QED) is 0.809. The highest BCUT2D eigenvalue weighted by molar-refractivity contribution is 5.94. The number of nitrogens with zero attached hydrogens (tertiary/aromatic N) is 3. The van der Waals surface area contributed by atoms with Gasteiger partial charge in [0.1, 0.15) is 0 Å². The van der Waals surface area contributed by atoms with Gasteiger partial charge in [-0.15, -0.1) is 0 Å². The van der Waals surface area contributed by atoms with E-state index in [-0.39, 0.29) is 5.78 Å². The first-order chi connectivity index (χ1) is 10.2. The monoisotopic (exact) mass is 283 g/mol. The summed E-state index contributed by atoms with van der Waals surface area (Å²) in [5.74, 6) is 0.138. The first kappa shape index (κ1) is 13.9. The maximum Gasteiger partial charge on any atom is 0.159 e. The summed E-state index contributed by atoms with van der Waals surface area (Å²) in [5, 5.41) is 4.34.